The van der Waals surface area contributed by atoms with Crippen molar-refractivity contribution in [2.75, 3.05) is 11.9 Å². The Morgan fingerprint density at radius 3 is 2.68 bits per heavy atom. The Labute approximate surface area is 150 Å². The van der Waals surface area contributed by atoms with Crippen LogP contribution in [0.4, 0.5) is 10.5 Å². The van der Waals surface area contributed by atoms with Gasteiger partial charge >= 0.3 is 0 Å². The third kappa shape index (κ3) is 3.07. The molecule has 0 spiro atoms. The summed E-state index contributed by atoms with van der Waals surface area (Å²) < 4.78 is 0. The van der Waals surface area contributed by atoms with Crippen molar-refractivity contribution in [1.82, 2.24) is 5.32 Å². The number of fused-ring (bicyclic) bond motifs is 1. The monoisotopic (exact) mass is 350 g/mol. The number of anilines is 1. The molecule has 1 unspecified atom stereocenters. The molecule has 0 radical (unpaired) electrons. The highest BCUT2D eigenvalue weighted by Gasteiger charge is 2.26. The molecule has 2 aliphatic heterocycles. The van der Waals surface area contributed by atoms with Gasteiger partial charge in [0.2, 0.25) is 0 Å². The standard InChI is InChI=1S/C20H18N2O2S/c1-22-16(14-5-3-2-4-6-14)10-8-15-11-13(7-9-17(15)22)12-18-19(23)21-20(24)25-18/h2-7,9,11-12,16H,8,10H2,1H3,(H,21,23,24). The number of thioether (sulfide) groups is 1. The Balaban J connectivity index is 1.62. The van der Waals surface area contributed by atoms with E-state index in [9.17, 15) is 9.59 Å². The largest absolute Gasteiger partial charge is 0.367 e. The highest BCUT2D eigenvalue weighted by Crippen LogP contribution is 2.38. The zero-order valence-corrected chi connectivity index (χ0v) is 14.7. The number of benzene rings is 2. The minimum Gasteiger partial charge on any atom is -0.367 e. The number of hydrogen-bond donors (Lipinski definition) is 1. The molecule has 126 valence electrons. The summed E-state index contributed by atoms with van der Waals surface area (Å²) in [5, 5.41) is 1.98. The molecule has 4 nitrogen and oxygen atoms in total. The molecule has 2 amide bonds. The number of imide groups is 1. The van der Waals surface area contributed by atoms with E-state index >= 15 is 0 Å². The summed E-state index contributed by atoms with van der Waals surface area (Å²) in [6.45, 7) is 0. The molecule has 1 fully saturated rings. The van der Waals surface area contributed by atoms with Crippen LogP contribution < -0.4 is 10.2 Å². The average Bonchev–Trinajstić information content (AvgIpc) is 2.93. The molecule has 0 aliphatic carbocycles. The third-order valence-electron chi connectivity index (χ3n) is 4.76. The molecular formula is C20H18N2O2S. The molecule has 1 saturated heterocycles. The van der Waals surface area contributed by atoms with E-state index in [0.29, 0.717) is 10.9 Å². The van der Waals surface area contributed by atoms with Crippen LogP contribution in [0.15, 0.2) is 53.4 Å². The molecule has 1 N–H and O–H groups in total. The lowest BCUT2D eigenvalue weighted by Gasteiger charge is -2.36. The maximum Gasteiger partial charge on any atom is 0.290 e. The fraction of sp³-hybridized carbons (Fsp3) is 0.200. The summed E-state index contributed by atoms with van der Waals surface area (Å²) in [6, 6.07) is 17.2. The Morgan fingerprint density at radius 1 is 1.16 bits per heavy atom. The van der Waals surface area contributed by atoms with Gasteiger partial charge < -0.3 is 4.90 Å². The van der Waals surface area contributed by atoms with Gasteiger partial charge in [0, 0.05) is 12.7 Å². The predicted octanol–water partition coefficient (Wildman–Crippen LogP) is 4.13. The molecule has 2 aromatic rings. The van der Waals surface area contributed by atoms with Crippen LogP contribution in [0.3, 0.4) is 0 Å². The summed E-state index contributed by atoms with van der Waals surface area (Å²) in [5.74, 6) is -0.311. The van der Waals surface area contributed by atoms with Crippen LogP contribution in [0, 0.1) is 0 Å². The smallest absolute Gasteiger partial charge is 0.290 e. The summed E-state index contributed by atoms with van der Waals surface area (Å²) in [5.41, 5.74) is 4.79. The maximum absolute atomic E-state index is 11.7. The molecule has 0 aromatic heterocycles. The second-order valence-corrected chi connectivity index (χ2v) is 7.33. The van der Waals surface area contributed by atoms with Crippen LogP contribution in [0.5, 0.6) is 0 Å². The number of amides is 2. The number of nitrogens with zero attached hydrogens (tertiary/aromatic N) is 1. The van der Waals surface area contributed by atoms with E-state index in [1.807, 2.05) is 12.1 Å². The zero-order chi connectivity index (χ0) is 17.4. The number of rotatable bonds is 2. The van der Waals surface area contributed by atoms with E-state index in [-0.39, 0.29) is 11.1 Å². The van der Waals surface area contributed by atoms with Crippen molar-refractivity contribution in [2.24, 2.45) is 0 Å². The molecule has 2 aliphatic rings. The Kier molecular flexibility index (Phi) is 4.09. The number of carbonyl (C=O) groups excluding carboxylic acids is 2. The number of carbonyl (C=O) groups is 2. The summed E-state index contributed by atoms with van der Waals surface area (Å²) in [7, 11) is 2.13. The number of aryl methyl sites for hydroxylation is 1. The molecule has 0 bridgehead atoms. The predicted molar refractivity (Wildman–Crippen MR) is 101 cm³/mol. The molecule has 0 saturated carbocycles. The first-order valence-corrected chi connectivity index (χ1v) is 9.09. The fourth-order valence-electron chi connectivity index (χ4n) is 3.53. The quantitative estimate of drug-likeness (QED) is 0.827. The fourth-order valence-corrected chi connectivity index (χ4v) is 4.21. The Hall–Kier alpha value is -2.53. The second kappa shape index (κ2) is 6.41. The summed E-state index contributed by atoms with van der Waals surface area (Å²) in [4.78, 5) is 25.8. The minimum absolute atomic E-state index is 0.306. The van der Waals surface area contributed by atoms with Crippen molar-refractivity contribution in [3.8, 4) is 0 Å². The van der Waals surface area contributed by atoms with E-state index in [1.54, 1.807) is 6.08 Å². The van der Waals surface area contributed by atoms with Crippen molar-refractivity contribution in [1.29, 1.82) is 0 Å². The van der Waals surface area contributed by atoms with Crippen LogP contribution >= 0.6 is 11.8 Å². The third-order valence-corrected chi connectivity index (χ3v) is 5.57. The lowest BCUT2D eigenvalue weighted by atomic mass is 9.91. The van der Waals surface area contributed by atoms with Gasteiger partial charge in [0.25, 0.3) is 11.1 Å². The maximum atomic E-state index is 11.7. The SMILES string of the molecule is CN1c2ccc(C=C3SC(=O)NC3=O)cc2CCC1c1ccccc1. The highest BCUT2D eigenvalue weighted by atomic mass is 32.2. The molecule has 1 atom stereocenters. The second-order valence-electron chi connectivity index (χ2n) is 6.32. The summed E-state index contributed by atoms with van der Waals surface area (Å²) >= 11 is 0.955. The molecular weight excluding hydrogens is 332 g/mol. The molecule has 4 rings (SSSR count). The zero-order valence-electron chi connectivity index (χ0n) is 13.9. The van der Waals surface area contributed by atoms with E-state index in [2.05, 4.69) is 53.7 Å². The van der Waals surface area contributed by atoms with Crippen LogP contribution in [0.1, 0.15) is 29.2 Å². The van der Waals surface area contributed by atoms with Gasteiger partial charge in [0.1, 0.15) is 0 Å². The van der Waals surface area contributed by atoms with Crippen LogP contribution in [-0.2, 0) is 11.2 Å². The van der Waals surface area contributed by atoms with Crippen molar-refractivity contribution in [2.45, 2.75) is 18.9 Å². The average molecular weight is 350 g/mol. The van der Waals surface area contributed by atoms with Gasteiger partial charge in [-0.1, -0.05) is 36.4 Å². The molecule has 5 heteroatoms. The minimum atomic E-state index is -0.311. The van der Waals surface area contributed by atoms with Crippen molar-refractivity contribution in [3.05, 3.63) is 70.1 Å². The normalized spacial score (nSPS) is 21.4. The van der Waals surface area contributed by atoms with Gasteiger partial charge in [-0.2, -0.15) is 0 Å². The Bertz CT molecular complexity index is 877. The molecule has 25 heavy (non-hydrogen) atoms. The van der Waals surface area contributed by atoms with Crippen LogP contribution in [-0.4, -0.2) is 18.2 Å². The number of nitrogens with one attached hydrogen (secondary N) is 1. The van der Waals surface area contributed by atoms with Crippen molar-refractivity contribution < 1.29 is 9.59 Å². The van der Waals surface area contributed by atoms with Crippen molar-refractivity contribution >= 4 is 34.7 Å². The van der Waals surface area contributed by atoms with Gasteiger partial charge in [-0.25, -0.2) is 0 Å². The van der Waals surface area contributed by atoms with Gasteiger partial charge in [-0.3, -0.25) is 14.9 Å². The topological polar surface area (TPSA) is 49.4 Å². The number of hydrogen-bond acceptors (Lipinski definition) is 4. The summed E-state index contributed by atoms with van der Waals surface area (Å²) in [6.07, 6.45) is 3.84. The first-order chi connectivity index (χ1) is 12.1. The van der Waals surface area contributed by atoms with E-state index in [4.69, 9.17) is 0 Å². The van der Waals surface area contributed by atoms with Gasteiger partial charge in [-0.05, 0) is 59.5 Å². The first kappa shape index (κ1) is 16.0. The van der Waals surface area contributed by atoms with Gasteiger partial charge in [0.05, 0.1) is 10.9 Å². The van der Waals surface area contributed by atoms with E-state index < -0.39 is 0 Å². The molecule has 2 aromatic carbocycles. The molecule has 2 heterocycles. The lowest BCUT2D eigenvalue weighted by molar-refractivity contribution is -0.115. The van der Waals surface area contributed by atoms with E-state index in [1.165, 1.54) is 16.8 Å². The van der Waals surface area contributed by atoms with Crippen molar-refractivity contribution in [3.63, 3.8) is 0 Å². The first-order valence-electron chi connectivity index (χ1n) is 8.27. The van der Waals surface area contributed by atoms with Gasteiger partial charge in [-0.15, -0.1) is 0 Å². The lowest BCUT2D eigenvalue weighted by Crippen LogP contribution is -2.29. The highest BCUT2D eigenvalue weighted by molar-refractivity contribution is 8.18. The van der Waals surface area contributed by atoms with Crippen LogP contribution in [0.2, 0.25) is 0 Å². The van der Waals surface area contributed by atoms with E-state index in [0.717, 1.165) is 30.2 Å². The van der Waals surface area contributed by atoms with Crippen LogP contribution in [0.25, 0.3) is 6.08 Å². The Morgan fingerprint density at radius 2 is 1.96 bits per heavy atom. The van der Waals surface area contributed by atoms with Gasteiger partial charge in [0.15, 0.2) is 0 Å².